The molecule has 0 aromatic rings. The third-order valence-corrected chi connectivity index (χ3v) is 4.29. The van der Waals surface area contributed by atoms with E-state index in [0.29, 0.717) is 0 Å². The van der Waals surface area contributed by atoms with E-state index < -0.39 is 24.2 Å². The van der Waals surface area contributed by atoms with Crippen molar-refractivity contribution < 1.29 is 19.8 Å². The number of nitrogens with two attached hydrogens (primary N) is 1. The fourth-order valence-corrected chi connectivity index (χ4v) is 3.18. The van der Waals surface area contributed by atoms with E-state index in [4.69, 9.17) is 10.8 Å². The lowest BCUT2D eigenvalue weighted by atomic mass is 9.83. The number of aliphatic hydroxyl groups is 1. The van der Waals surface area contributed by atoms with Gasteiger partial charge in [0.05, 0.1) is 12.1 Å². The first-order chi connectivity index (χ1) is 9.00. The van der Waals surface area contributed by atoms with Crippen molar-refractivity contribution in [2.75, 3.05) is 6.54 Å². The van der Waals surface area contributed by atoms with E-state index in [1.165, 1.54) is 11.3 Å². The van der Waals surface area contributed by atoms with Gasteiger partial charge in [-0.25, -0.2) is 4.79 Å². The number of likely N-dealkylation sites (tertiary alicyclic amines) is 1. The minimum Gasteiger partial charge on any atom is -0.480 e. The lowest BCUT2D eigenvalue weighted by Gasteiger charge is -2.31. The molecule has 0 aromatic heterocycles. The number of amides is 1. The summed E-state index contributed by atoms with van der Waals surface area (Å²) in [5.74, 6) is -1.25. The van der Waals surface area contributed by atoms with Crippen molar-refractivity contribution in [2.45, 2.75) is 56.7 Å². The van der Waals surface area contributed by atoms with E-state index in [1.54, 1.807) is 0 Å². The number of β-amino-alcohol motifs (C(OH)–C–C–N with tert-alkyl or cyclic N) is 1. The molecule has 6 nitrogen and oxygen atoms in total. The summed E-state index contributed by atoms with van der Waals surface area (Å²) in [4.78, 5) is 24.7. The summed E-state index contributed by atoms with van der Waals surface area (Å²) in [6.45, 7) is 0.0796. The zero-order chi connectivity index (χ0) is 14.0. The van der Waals surface area contributed by atoms with E-state index in [2.05, 4.69) is 0 Å². The highest BCUT2D eigenvalue weighted by Gasteiger charge is 2.41. The maximum Gasteiger partial charge on any atom is 0.326 e. The molecule has 0 radical (unpaired) electrons. The van der Waals surface area contributed by atoms with Crippen LogP contribution in [0.1, 0.15) is 38.5 Å². The molecular weight excluding hydrogens is 248 g/mol. The predicted molar refractivity (Wildman–Crippen MR) is 68.3 cm³/mol. The second-order valence-corrected chi connectivity index (χ2v) is 5.66. The Hall–Kier alpha value is -1.14. The Morgan fingerprint density at radius 2 is 1.84 bits per heavy atom. The van der Waals surface area contributed by atoms with Gasteiger partial charge in [0, 0.05) is 13.0 Å². The number of carbonyl (C=O) groups is 2. The van der Waals surface area contributed by atoms with Crippen LogP contribution < -0.4 is 5.73 Å². The minimum absolute atomic E-state index is 0.0796. The molecule has 1 aliphatic heterocycles. The highest BCUT2D eigenvalue weighted by Crippen LogP contribution is 2.28. The van der Waals surface area contributed by atoms with Crippen LogP contribution in [0, 0.1) is 5.92 Å². The van der Waals surface area contributed by atoms with Gasteiger partial charge in [0.25, 0.3) is 0 Å². The van der Waals surface area contributed by atoms with Gasteiger partial charge in [0.2, 0.25) is 5.91 Å². The molecule has 0 spiro atoms. The Morgan fingerprint density at radius 3 is 2.42 bits per heavy atom. The standard InChI is InChI=1S/C13H22N2O4/c14-11(8-4-2-1-3-5-8)12(17)15-7-9(16)6-10(15)13(18)19/h8-11,16H,1-7,14H2,(H,18,19)/t9-,10+,11?/m1/s1. The fraction of sp³-hybridized carbons (Fsp3) is 0.846. The van der Waals surface area contributed by atoms with E-state index in [-0.39, 0.29) is 24.8 Å². The normalized spacial score (nSPS) is 30.3. The smallest absolute Gasteiger partial charge is 0.326 e. The van der Waals surface area contributed by atoms with Crippen molar-refractivity contribution in [3.05, 3.63) is 0 Å². The second-order valence-electron chi connectivity index (χ2n) is 5.66. The van der Waals surface area contributed by atoms with Crippen LogP contribution in [-0.4, -0.2) is 51.7 Å². The molecule has 1 saturated heterocycles. The van der Waals surface area contributed by atoms with E-state index in [0.717, 1.165) is 25.7 Å². The largest absolute Gasteiger partial charge is 0.480 e. The number of hydrogen-bond donors (Lipinski definition) is 3. The van der Waals surface area contributed by atoms with Gasteiger partial charge < -0.3 is 20.8 Å². The highest BCUT2D eigenvalue weighted by molar-refractivity contribution is 5.87. The van der Waals surface area contributed by atoms with Gasteiger partial charge in [0.1, 0.15) is 6.04 Å². The number of aliphatic hydroxyl groups excluding tert-OH is 1. The number of nitrogens with zero attached hydrogens (tertiary/aromatic N) is 1. The number of aliphatic carboxylic acids is 1. The van der Waals surface area contributed by atoms with E-state index in [1.807, 2.05) is 0 Å². The first-order valence-corrected chi connectivity index (χ1v) is 6.97. The number of carboxylic acid groups (broad SMARTS) is 1. The zero-order valence-corrected chi connectivity index (χ0v) is 11.0. The number of rotatable bonds is 3. The van der Waals surface area contributed by atoms with Gasteiger partial charge >= 0.3 is 5.97 Å². The lowest BCUT2D eigenvalue weighted by molar-refractivity contribution is -0.149. The van der Waals surface area contributed by atoms with Crippen molar-refractivity contribution in [1.29, 1.82) is 0 Å². The van der Waals surface area contributed by atoms with Gasteiger partial charge in [-0.05, 0) is 18.8 Å². The Morgan fingerprint density at radius 1 is 1.21 bits per heavy atom. The average molecular weight is 270 g/mol. The molecule has 6 heteroatoms. The molecule has 1 saturated carbocycles. The zero-order valence-electron chi connectivity index (χ0n) is 11.0. The molecule has 2 aliphatic rings. The molecule has 4 N–H and O–H groups in total. The van der Waals surface area contributed by atoms with Crippen LogP contribution in [0.15, 0.2) is 0 Å². The van der Waals surface area contributed by atoms with Gasteiger partial charge in [0.15, 0.2) is 0 Å². The molecule has 0 bridgehead atoms. The summed E-state index contributed by atoms with van der Waals surface area (Å²) in [6, 6.07) is -1.57. The second kappa shape index (κ2) is 5.88. The molecule has 2 rings (SSSR count). The van der Waals surface area contributed by atoms with Gasteiger partial charge in [-0.15, -0.1) is 0 Å². The monoisotopic (exact) mass is 270 g/mol. The molecular formula is C13H22N2O4. The van der Waals surface area contributed by atoms with Gasteiger partial charge in [-0.1, -0.05) is 19.3 Å². The molecule has 1 amide bonds. The van der Waals surface area contributed by atoms with Crippen molar-refractivity contribution in [2.24, 2.45) is 11.7 Å². The number of carbonyl (C=O) groups excluding carboxylic acids is 1. The Kier molecular flexibility index (Phi) is 4.42. The van der Waals surface area contributed by atoms with Crippen LogP contribution in [0.5, 0.6) is 0 Å². The maximum absolute atomic E-state index is 12.3. The molecule has 1 unspecified atom stereocenters. The number of hydrogen-bond acceptors (Lipinski definition) is 4. The quantitative estimate of drug-likeness (QED) is 0.666. The van der Waals surface area contributed by atoms with Gasteiger partial charge in [-0.3, -0.25) is 4.79 Å². The summed E-state index contributed by atoms with van der Waals surface area (Å²) in [5.41, 5.74) is 6.01. The summed E-state index contributed by atoms with van der Waals surface area (Å²) in [6.07, 6.45) is 4.54. The number of carboxylic acids is 1. The van der Waals surface area contributed by atoms with Crippen LogP contribution in [0.2, 0.25) is 0 Å². The fourth-order valence-electron chi connectivity index (χ4n) is 3.18. The van der Waals surface area contributed by atoms with Crippen LogP contribution >= 0.6 is 0 Å². The van der Waals surface area contributed by atoms with Gasteiger partial charge in [-0.2, -0.15) is 0 Å². The third kappa shape index (κ3) is 3.06. The molecule has 108 valence electrons. The summed E-state index contributed by atoms with van der Waals surface area (Å²) in [5, 5.41) is 18.7. The maximum atomic E-state index is 12.3. The minimum atomic E-state index is -1.07. The van der Waals surface area contributed by atoms with Crippen molar-refractivity contribution in [1.82, 2.24) is 4.90 Å². The van der Waals surface area contributed by atoms with Crippen molar-refractivity contribution >= 4 is 11.9 Å². The first-order valence-electron chi connectivity index (χ1n) is 6.97. The molecule has 1 aliphatic carbocycles. The van der Waals surface area contributed by atoms with Crippen LogP contribution in [0.4, 0.5) is 0 Å². The summed E-state index contributed by atoms with van der Waals surface area (Å²) >= 11 is 0. The average Bonchev–Trinajstić information content (AvgIpc) is 2.80. The Balaban J connectivity index is 2.02. The third-order valence-electron chi connectivity index (χ3n) is 4.29. The molecule has 19 heavy (non-hydrogen) atoms. The topological polar surface area (TPSA) is 104 Å². The highest BCUT2D eigenvalue weighted by atomic mass is 16.4. The van der Waals surface area contributed by atoms with Crippen molar-refractivity contribution in [3.8, 4) is 0 Å². The van der Waals surface area contributed by atoms with Crippen LogP contribution in [0.3, 0.4) is 0 Å². The molecule has 2 fully saturated rings. The lowest BCUT2D eigenvalue weighted by Crippen LogP contribution is -2.51. The summed E-state index contributed by atoms with van der Waals surface area (Å²) < 4.78 is 0. The molecule has 1 heterocycles. The Bertz CT molecular complexity index is 355. The predicted octanol–water partition coefficient (Wildman–Crippen LogP) is -0.0596. The molecule has 0 aromatic carbocycles. The van der Waals surface area contributed by atoms with Crippen LogP contribution in [0.25, 0.3) is 0 Å². The van der Waals surface area contributed by atoms with Crippen molar-refractivity contribution in [3.63, 3.8) is 0 Å². The SMILES string of the molecule is NC(C(=O)N1C[C@H](O)C[C@H]1C(=O)O)C1CCCCC1. The summed E-state index contributed by atoms with van der Waals surface area (Å²) in [7, 11) is 0. The van der Waals surface area contributed by atoms with Crippen LogP contribution in [-0.2, 0) is 9.59 Å². The molecule has 3 atom stereocenters. The van der Waals surface area contributed by atoms with E-state index >= 15 is 0 Å². The van der Waals surface area contributed by atoms with E-state index in [9.17, 15) is 14.7 Å². The first kappa shape index (κ1) is 14.3. The Labute approximate surface area is 112 Å².